The van der Waals surface area contributed by atoms with Crippen LogP contribution in [-0.2, 0) is 21.8 Å². The molecule has 3 rings (SSSR count). The van der Waals surface area contributed by atoms with Crippen LogP contribution in [0, 0.1) is 5.82 Å². The maximum Gasteiger partial charge on any atom is 0.257 e. The fourth-order valence-electron chi connectivity index (χ4n) is 2.96. The summed E-state index contributed by atoms with van der Waals surface area (Å²) in [6, 6.07) is 14.3. The largest absolute Gasteiger partial charge is 0.267 e. The zero-order valence-corrected chi connectivity index (χ0v) is 13.4. The molecule has 0 aliphatic heterocycles. The first-order valence-corrected chi connectivity index (χ1v) is 8.57. The third kappa shape index (κ3) is 3.86. The summed E-state index contributed by atoms with van der Waals surface area (Å²) in [6.45, 7) is 0.0584. The Bertz CT molecular complexity index is 782. The van der Waals surface area contributed by atoms with Crippen LogP contribution in [0.25, 0.3) is 11.1 Å². The van der Waals surface area contributed by atoms with Gasteiger partial charge in [-0.05, 0) is 59.2 Å². The van der Waals surface area contributed by atoms with Crippen LogP contribution in [-0.4, -0.2) is 8.42 Å². The molecule has 23 heavy (non-hydrogen) atoms. The summed E-state index contributed by atoms with van der Waals surface area (Å²) in [5, 5.41) is 0. The van der Waals surface area contributed by atoms with Crippen molar-refractivity contribution >= 4 is 22.1 Å². The fraction of sp³-hybridized carbons (Fsp3) is 0.222. The van der Waals surface area contributed by atoms with Crippen LogP contribution in [0.2, 0.25) is 0 Å². The summed E-state index contributed by atoms with van der Waals surface area (Å²) in [6.07, 6.45) is 3.07. The maximum atomic E-state index is 13.1. The third-order valence-electron chi connectivity index (χ3n) is 4.05. The van der Waals surface area contributed by atoms with E-state index in [0.717, 1.165) is 36.0 Å². The Morgan fingerprint density at radius 2 is 1.39 bits per heavy atom. The molecule has 2 aromatic carbocycles. The quantitative estimate of drug-likeness (QED) is 0.843. The number of thiol groups is 1. The van der Waals surface area contributed by atoms with Crippen molar-refractivity contribution in [2.45, 2.75) is 25.9 Å². The molecule has 1 aliphatic rings. The molecule has 1 aliphatic carbocycles. The van der Waals surface area contributed by atoms with Crippen molar-refractivity contribution in [3.8, 4) is 0 Å². The molecule has 2 aromatic rings. The van der Waals surface area contributed by atoms with E-state index in [1.807, 2.05) is 36.4 Å². The molecule has 0 N–H and O–H groups in total. The minimum atomic E-state index is -2.82. The lowest BCUT2D eigenvalue weighted by Crippen LogP contribution is -1.92. The van der Waals surface area contributed by atoms with Crippen LogP contribution < -0.4 is 0 Å². The Morgan fingerprint density at radius 1 is 0.870 bits per heavy atom. The minimum Gasteiger partial charge on any atom is -0.267 e. The Balaban J connectivity index is 1.86. The van der Waals surface area contributed by atoms with Crippen molar-refractivity contribution in [3.05, 3.63) is 71.0 Å². The van der Waals surface area contributed by atoms with Gasteiger partial charge in [0, 0.05) is 0 Å². The molecule has 5 heteroatoms. The van der Waals surface area contributed by atoms with Gasteiger partial charge in [0.05, 0.1) is 6.61 Å². The average molecular weight is 332 g/mol. The van der Waals surface area contributed by atoms with Gasteiger partial charge in [0.25, 0.3) is 11.0 Å². The molecule has 3 nitrogen and oxygen atoms in total. The summed E-state index contributed by atoms with van der Waals surface area (Å²) in [7, 11) is -2.82. The van der Waals surface area contributed by atoms with Gasteiger partial charge in [-0.2, -0.15) is 0 Å². The highest BCUT2D eigenvalue weighted by molar-refractivity contribution is 7.67. The number of rotatable bonds is 5. The summed E-state index contributed by atoms with van der Waals surface area (Å²) >= 11 is 0. The van der Waals surface area contributed by atoms with E-state index in [4.69, 9.17) is 0 Å². The van der Waals surface area contributed by atoms with E-state index in [-0.39, 0.29) is 12.4 Å². The minimum absolute atomic E-state index is 0.0584. The highest BCUT2D eigenvalue weighted by Crippen LogP contribution is 2.39. The lowest BCUT2D eigenvalue weighted by Gasteiger charge is -2.09. The van der Waals surface area contributed by atoms with Crippen molar-refractivity contribution < 1.29 is 17.0 Å². The first-order chi connectivity index (χ1) is 11.1. The smallest absolute Gasteiger partial charge is 0.257 e. The topological polar surface area (TPSA) is 43.4 Å². The van der Waals surface area contributed by atoms with Gasteiger partial charge in [-0.15, -0.1) is 0 Å². The molecule has 0 heterocycles. The van der Waals surface area contributed by atoms with Gasteiger partial charge in [-0.3, -0.25) is 4.18 Å². The van der Waals surface area contributed by atoms with Crippen molar-refractivity contribution in [1.82, 2.24) is 0 Å². The molecule has 0 atom stereocenters. The number of hydrogen-bond donors (Lipinski definition) is 1. The van der Waals surface area contributed by atoms with E-state index in [1.165, 1.54) is 23.3 Å². The summed E-state index contributed by atoms with van der Waals surface area (Å²) < 4.78 is 38.6. The molecule has 0 amide bonds. The summed E-state index contributed by atoms with van der Waals surface area (Å²) in [5.41, 5.74) is 5.54. The molecule has 0 aromatic heterocycles. The average Bonchev–Trinajstić information content (AvgIpc) is 3.03. The van der Waals surface area contributed by atoms with E-state index in [1.54, 1.807) is 0 Å². The molecular weight excluding hydrogens is 315 g/mol. The summed E-state index contributed by atoms with van der Waals surface area (Å²) in [4.78, 5) is 0. The predicted molar refractivity (Wildman–Crippen MR) is 88.6 cm³/mol. The molecule has 0 spiro atoms. The van der Waals surface area contributed by atoms with E-state index < -0.39 is 11.0 Å². The molecular formula is C18H17FO3S. The Kier molecular flexibility index (Phi) is 4.88. The number of hydrogen-bond acceptors (Lipinski definition) is 3. The van der Waals surface area contributed by atoms with Crippen LogP contribution in [0.3, 0.4) is 0 Å². The summed E-state index contributed by atoms with van der Waals surface area (Å²) in [5.74, 6) is -0.227. The van der Waals surface area contributed by atoms with Gasteiger partial charge in [0.15, 0.2) is 0 Å². The van der Waals surface area contributed by atoms with Gasteiger partial charge in [-0.1, -0.05) is 36.4 Å². The van der Waals surface area contributed by atoms with Gasteiger partial charge >= 0.3 is 0 Å². The molecule has 0 fully saturated rings. The second kappa shape index (κ2) is 7.06. The lowest BCUT2D eigenvalue weighted by atomic mass is 9.96. The normalized spacial score (nSPS) is 14.7. The van der Waals surface area contributed by atoms with E-state index >= 15 is 0 Å². The van der Waals surface area contributed by atoms with Crippen LogP contribution in [0.4, 0.5) is 4.39 Å². The zero-order chi connectivity index (χ0) is 16.2. The highest BCUT2D eigenvalue weighted by atomic mass is 32.2. The molecule has 0 unspecified atom stereocenters. The first-order valence-electron chi connectivity index (χ1n) is 7.48. The highest BCUT2D eigenvalue weighted by Gasteiger charge is 2.17. The van der Waals surface area contributed by atoms with Crippen molar-refractivity contribution in [2.24, 2.45) is 0 Å². The molecule has 0 bridgehead atoms. The first kappa shape index (κ1) is 15.9. The number of halogens is 1. The standard InChI is InChI=1S/C18H17FO3S/c19-16-10-8-15(9-11-16)18-3-1-2-17(18)14-6-4-13(5-7-14)12-22-23(20)21/h4-11,23H,1-3,12H2. The van der Waals surface area contributed by atoms with Gasteiger partial charge in [-0.25, -0.2) is 12.8 Å². The molecule has 120 valence electrons. The second-order valence-electron chi connectivity index (χ2n) is 5.51. The fourth-order valence-corrected chi connectivity index (χ4v) is 3.22. The molecule has 0 saturated carbocycles. The van der Waals surface area contributed by atoms with Gasteiger partial charge in [0.1, 0.15) is 5.82 Å². The van der Waals surface area contributed by atoms with Crippen LogP contribution in [0.15, 0.2) is 48.5 Å². The van der Waals surface area contributed by atoms with E-state index in [0.29, 0.717) is 0 Å². The SMILES string of the molecule is O=[SH](=O)OCc1ccc(C2=C(c3ccc(F)cc3)CCC2)cc1. The van der Waals surface area contributed by atoms with E-state index in [9.17, 15) is 12.8 Å². The number of benzene rings is 2. The third-order valence-corrected chi connectivity index (χ3v) is 4.39. The van der Waals surface area contributed by atoms with Crippen molar-refractivity contribution in [1.29, 1.82) is 0 Å². The Morgan fingerprint density at radius 3 is 1.91 bits per heavy atom. The second-order valence-corrected chi connectivity index (χ2v) is 6.22. The Labute approximate surface area is 136 Å². The monoisotopic (exact) mass is 332 g/mol. The predicted octanol–water partition coefficient (Wildman–Crippen LogP) is 3.96. The van der Waals surface area contributed by atoms with Gasteiger partial charge < -0.3 is 0 Å². The maximum absolute atomic E-state index is 13.1. The van der Waals surface area contributed by atoms with Crippen molar-refractivity contribution in [2.75, 3.05) is 0 Å². The van der Waals surface area contributed by atoms with Gasteiger partial charge in [0.2, 0.25) is 0 Å². The van der Waals surface area contributed by atoms with E-state index in [2.05, 4.69) is 4.18 Å². The molecule has 0 saturated heterocycles. The zero-order valence-electron chi connectivity index (χ0n) is 12.5. The number of allylic oxidation sites excluding steroid dienone is 2. The molecule has 0 radical (unpaired) electrons. The van der Waals surface area contributed by atoms with Crippen molar-refractivity contribution in [3.63, 3.8) is 0 Å². The Hall–Kier alpha value is -1.98. The van der Waals surface area contributed by atoms with Crippen LogP contribution in [0.5, 0.6) is 0 Å². The lowest BCUT2D eigenvalue weighted by molar-refractivity contribution is 0.323. The van der Waals surface area contributed by atoms with Crippen LogP contribution >= 0.6 is 0 Å². The van der Waals surface area contributed by atoms with Crippen LogP contribution in [0.1, 0.15) is 36.0 Å².